The number of hydrogen-bond acceptors (Lipinski definition) is 3. The number of nitrogens with zero attached hydrogens (tertiary/aromatic N) is 1. The van der Waals surface area contributed by atoms with Gasteiger partial charge in [-0.15, -0.1) is 0 Å². The van der Waals surface area contributed by atoms with Crippen molar-refractivity contribution < 1.29 is 31.5 Å². The molecule has 0 fully saturated rings. The molecule has 0 saturated heterocycles. The molecule has 3 nitrogen and oxygen atoms in total. The summed E-state index contributed by atoms with van der Waals surface area (Å²) >= 11 is 2.50. The number of carbonyl (C=O) groups is 1. The van der Waals surface area contributed by atoms with E-state index in [0.29, 0.717) is 6.07 Å². The van der Waals surface area contributed by atoms with Gasteiger partial charge in [0, 0.05) is 4.47 Å². The lowest BCUT2D eigenvalue weighted by atomic mass is 10.1. The van der Waals surface area contributed by atoms with Crippen molar-refractivity contribution in [3.05, 3.63) is 27.5 Å². The van der Waals surface area contributed by atoms with Gasteiger partial charge >= 0.3 is 12.1 Å². The van der Waals surface area contributed by atoms with E-state index >= 15 is 0 Å². The van der Waals surface area contributed by atoms with Crippen molar-refractivity contribution >= 4 is 21.9 Å². The zero-order valence-corrected chi connectivity index (χ0v) is 10.3. The average molecular weight is 334 g/mol. The number of rotatable bonds is 2. The largest absolute Gasteiger partial charge is 0.464 e. The molecule has 0 unspecified atom stereocenters. The van der Waals surface area contributed by atoms with Gasteiger partial charge in [-0.3, -0.25) is 0 Å². The molecule has 0 radical (unpaired) electrons. The highest BCUT2D eigenvalue weighted by atomic mass is 79.9. The number of halogens is 6. The molecule has 9 heteroatoms. The van der Waals surface area contributed by atoms with Crippen LogP contribution < -0.4 is 0 Å². The molecule has 0 atom stereocenters. The van der Waals surface area contributed by atoms with Gasteiger partial charge in [0.1, 0.15) is 11.3 Å². The Kier molecular flexibility index (Phi) is 4.25. The van der Waals surface area contributed by atoms with E-state index in [9.17, 15) is 26.7 Å². The van der Waals surface area contributed by atoms with E-state index in [-0.39, 0.29) is 0 Å². The Bertz CT molecular complexity index is 475. The van der Waals surface area contributed by atoms with Gasteiger partial charge in [-0.25, -0.2) is 18.6 Å². The molecule has 1 aromatic heterocycles. The number of carbonyl (C=O) groups excluding carboxylic acids is 1. The molecule has 100 valence electrons. The molecule has 1 rings (SSSR count). The van der Waals surface area contributed by atoms with Crippen molar-refractivity contribution in [1.82, 2.24) is 4.98 Å². The van der Waals surface area contributed by atoms with Gasteiger partial charge in [0.25, 0.3) is 6.43 Å². The van der Waals surface area contributed by atoms with Crippen LogP contribution in [-0.2, 0) is 10.9 Å². The molecule has 1 heterocycles. The first-order valence-corrected chi connectivity index (χ1v) is 5.12. The molecule has 0 saturated carbocycles. The Morgan fingerprint density at radius 2 is 2.00 bits per heavy atom. The van der Waals surface area contributed by atoms with Crippen LogP contribution in [0, 0.1) is 0 Å². The lowest BCUT2D eigenvalue weighted by Gasteiger charge is -2.14. The summed E-state index contributed by atoms with van der Waals surface area (Å²) < 4.78 is 66.2. The second kappa shape index (κ2) is 5.17. The van der Waals surface area contributed by atoms with Crippen molar-refractivity contribution in [3.63, 3.8) is 0 Å². The second-order valence-corrected chi connectivity index (χ2v) is 3.90. The molecule has 18 heavy (non-hydrogen) atoms. The maximum atomic E-state index is 12.7. The van der Waals surface area contributed by atoms with Gasteiger partial charge < -0.3 is 4.74 Å². The van der Waals surface area contributed by atoms with Crippen LogP contribution in [0.4, 0.5) is 22.0 Å². The zero-order valence-electron chi connectivity index (χ0n) is 8.69. The summed E-state index contributed by atoms with van der Waals surface area (Å²) in [6, 6.07) is 0.514. The quantitative estimate of drug-likeness (QED) is 0.613. The van der Waals surface area contributed by atoms with Crippen molar-refractivity contribution in [1.29, 1.82) is 0 Å². The predicted molar refractivity (Wildman–Crippen MR) is 53.2 cm³/mol. The SMILES string of the molecule is COC(=O)c1nc(C(F)F)cc(Br)c1C(F)(F)F. The molecule has 0 amide bonds. The number of esters is 1. The fourth-order valence-electron chi connectivity index (χ4n) is 1.16. The first-order valence-electron chi connectivity index (χ1n) is 4.32. The number of ether oxygens (including phenoxy) is 1. The van der Waals surface area contributed by atoms with Crippen LogP contribution in [0.5, 0.6) is 0 Å². The predicted octanol–water partition coefficient (Wildman–Crippen LogP) is 3.59. The summed E-state index contributed by atoms with van der Waals surface area (Å²) in [5.74, 6) is -1.44. The van der Waals surface area contributed by atoms with E-state index < -0.39 is 40.0 Å². The van der Waals surface area contributed by atoms with Crippen molar-refractivity contribution in [3.8, 4) is 0 Å². The summed E-state index contributed by atoms with van der Waals surface area (Å²) in [5.41, 5.74) is -3.59. The molecule has 0 aliphatic rings. The molecule has 0 spiro atoms. The van der Waals surface area contributed by atoms with Gasteiger partial charge in [0.15, 0.2) is 5.69 Å². The second-order valence-electron chi connectivity index (χ2n) is 3.04. The molecule has 1 aromatic rings. The van der Waals surface area contributed by atoms with Gasteiger partial charge in [-0.2, -0.15) is 13.2 Å². The first kappa shape index (κ1) is 14.8. The summed E-state index contributed by atoms with van der Waals surface area (Å²) in [7, 11) is 0.827. The number of hydrogen-bond donors (Lipinski definition) is 0. The lowest BCUT2D eigenvalue weighted by Crippen LogP contribution is -2.18. The summed E-state index contributed by atoms with van der Waals surface area (Å²) in [5, 5.41) is 0. The van der Waals surface area contributed by atoms with E-state index in [0.717, 1.165) is 7.11 Å². The minimum absolute atomic E-state index is 0.514. The third-order valence-electron chi connectivity index (χ3n) is 1.88. The van der Waals surface area contributed by atoms with E-state index in [1.807, 2.05) is 0 Å². The van der Waals surface area contributed by atoms with Crippen LogP contribution in [0.25, 0.3) is 0 Å². The fraction of sp³-hybridized carbons (Fsp3) is 0.333. The van der Waals surface area contributed by atoms with Gasteiger partial charge in [-0.1, -0.05) is 15.9 Å². The van der Waals surface area contributed by atoms with Gasteiger partial charge in [0.05, 0.1) is 7.11 Å². The highest BCUT2D eigenvalue weighted by Gasteiger charge is 2.40. The van der Waals surface area contributed by atoms with Crippen LogP contribution in [0.2, 0.25) is 0 Å². The zero-order chi connectivity index (χ0) is 14.1. The van der Waals surface area contributed by atoms with Gasteiger partial charge in [0.2, 0.25) is 0 Å². The van der Waals surface area contributed by atoms with Gasteiger partial charge in [-0.05, 0) is 6.07 Å². The fourth-order valence-corrected chi connectivity index (χ4v) is 1.81. The van der Waals surface area contributed by atoms with E-state index in [2.05, 4.69) is 25.7 Å². The average Bonchev–Trinajstić information content (AvgIpc) is 2.24. The third kappa shape index (κ3) is 2.95. The maximum Gasteiger partial charge on any atom is 0.419 e. The highest BCUT2D eigenvalue weighted by Crippen LogP contribution is 2.38. The van der Waals surface area contributed by atoms with Crippen molar-refractivity contribution in [2.75, 3.05) is 7.11 Å². The van der Waals surface area contributed by atoms with Crippen LogP contribution in [0.1, 0.15) is 28.2 Å². The summed E-state index contributed by atoms with van der Waals surface area (Å²) in [6.45, 7) is 0. The first-order chi connectivity index (χ1) is 8.18. The Labute approximate surface area is 106 Å². The van der Waals surface area contributed by atoms with Crippen LogP contribution >= 0.6 is 15.9 Å². The minimum atomic E-state index is -4.92. The summed E-state index contributed by atoms with van der Waals surface area (Å²) in [4.78, 5) is 14.2. The Morgan fingerprint density at radius 3 is 2.39 bits per heavy atom. The number of alkyl halides is 5. The third-order valence-corrected chi connectivity index (χ3v) is 2.50. The number of aromatic nitrogens is 1. The molecule has 0 aliphatic heterocycles. The van der Waals surface area contributed by atoms with Crippen LogP contribution in [-0.4, -0.2) is 18.1 Å². The number of methoxy groups -OCH3 is 1. The monoisotopic (exact) mass is 333 g/mol. The van der Waals surface area contributed by atoms with E-state index in [1.54, 1.807) is 0 Å². The van der Waals surface area contributed by atoms with Crippen molar-refractivity contribution in [2.24, 2.45) is 0 Å². The summed E-state index contributed by atoms with van der Waals surface area (Å²) in [6.07, 6.45) is -8.03. The topological polar surface area (TPSA) is 39.2 Å². The van der Waals surface area contributed by atoms with E-state index in [1.165, 1.54) is 0 Å². The molecule has 0 N–H and O–H groups in total. The minimum Gasteiger partial charge on any atom is -0.464 e. The Hall–Kier alpha value is -1.25. The lowest BCUT2D eigenvalue weighted by molar-refractivity contribution is -0.139. The molecule has 0 aromatic carbocycles. The Morgan fingerprint density at radius 1 is 1.44 bits per heavy atom. The van der Waals surface area contributed by atoms with E-state index in [4.69, 9.17) is 0 Å². The molecular weight excluding hydrogens is 329 g/mol. The molecule has 0 aliphatic carbocycles. The maximum absolute atomic E-state index is 12.7. The molecular formula is C9H5BrF5NO2. The normalized spacial score (nSPS) is 11.8. The number of pyridine rings is 1. The van der Waals surface area contributed by atoms with Crippen LogP contribution in [0.15, 0.2) is 10.5 Å². The Balaban J connectivity index is 3.55. The smallest absolute Gasteiger partial charge is 0.419 e. The molecule has 0 bridgehead atoms. The van der Waals surface area contributed by atoms with Crippen LogP contribution in [0.3, 0.4) is 0 Å². The van der Waals surface area contributed by atoms with Crippen molar-refractivity contribution in [2.45, 2.75) is 12.6 Å². The standard InChI is InChI=1S/C9H5BrF5NO2/c1-18-8(17)6-5(9(13,14)15)3(10)2-4(16-6)7(11)12/h2,7H,1H3. The highest BCUT2D eigenvalue weighted by molar-refractivity contribution is 9.10.